The summed E-state index contributed by atoms with van der Waals surface area (Å²) in [6, 6.07) is 17.2. The van der Waals surface area contributed by atoms with Gasteiger partial charge >= 0.3 is 0 Å². The Kier molecular flexibility index (Phi) is 10.8. The van der Waals surface area contributed by atoms with Crippen molar-refractivity contribution in [3.63, 3.8) is 0 Å². The maximum absolute atomic E-state index is 13.8. The van der Waals surface area contributed by atoms with Gasteiger partial charge in [-0.25, -0.2) is 0 Å². The zero-order chi connectivity index (χ0) is 35.9. The Bertz CT molecular complexity index is 1920. The van der Waals surface area contributed by atoms with Crippen LogP contribution in [0.3, 0.4) is 0 Å². The van der Waals surface area contributed by atoms with E-state index in [9.17, 15) is 24.0 Å². The number of fused-ring (bicyclic) bond motifs is 4. The van der Waals surface area contributed by atoms with Crippen LogP contribution in [-0.2, 0) is 32.0 Å². The van der Waals surface area contributed by atoms with Gasteiger partial charge in [-0.3, -0.25) is 33.9 Å². The fourth-order valence-corrected chi connectivity index (χ4v) is 6.58. The molecule has 0 aliphatic carbocycles. The van der Waals surface area contributed by atoms with Crippen LogP contribution in [0.5, 0.6) is 5.75 Å². The Balaban J connectivity index is 1.17. The quantitative estimate of drug-likeness (QED) is 0.299. The molecule has 1 fully saturated rings. The molecule has 2 aliphatic rings. The Labute approximate surface area is 296 Å². The number of carbonyl (C=O) groups is 5. The Hall–Kier alpha value is -5.85. The number of nitrogens with one attached hydrogen (secondary N) is 2. The number of rotatable bonds is 7. The van der Waals surface area contributed by atoms with Crippen molar-refractivity contribution in [2.45, 2.75) is 43.8 Å². The van der Waals surface area contributed by atoms with Gasteiger partial charge in [-0.15, -0.1) is 0 Å². The zero-order valence-corrected chi connectivity index (χ0v) is 28.7. The number of aromatic nitrogens is 2. The van der Waals surface area contributed by atoms with Gasteiger partial charge in [0.1, 0.15) is 18.4 Å². The standard InChI is InChI=1S/C38H41N7O6/c1-43-22-33(42-34(46)10-8-25-11-13-39-14-12-25)38(50)44(2)23-36(48)45-21-30(18-31(45)24-51-32-17-29(37(43)49)19-40-20-32)41-35(47)16-26-7-9-27-5-3-4-6-28(27)15-26/h3-7,9,11-15,17,19-20,30-31,33H,8,10,16,18,21-24H2,1-2H3,(H,41,47)(H,42,46)/t30-,31-,33-/m0/s1. The zero-order valence-electron chi connectivity index (χ0n) is 28.7. The number of amides is 5. The lowest BCUT2D eigenvalue weighted by Crippen LogP contribution is -2.55. The van der Waals surface area contributed by atoms with Crippen LogP contribution in [0, 0.1) is 0 Å². The minimum atomic E-state index is -1.12. The molecule has 2 aromatic heterocycles. The molecule has 1 saturated heterocycles. The molecule has 2 aliphatic heterocycles. The lowest BCUT2D eigenvalue weighted by Gasteiger charge is -2.30. The molecule has 264 valence electrons. The molecule has 2 N–H and O–H groups in total. The molecule has 0 spiro atoms. The topological polar surface area (TPSA) is 154 Å². The number of likely N-dealkylation sites (N-methyl/N-ethyl adjacent to an activating group) is 2. The molecule has 6 rings (SSSR count). The highest BCUT2D eigenvalue weighted by atomic mass is 16.5. The van der Waals surface area contributed by atoms with E-state index in [4.69, 9.17) is 4.74 Å². The number of aryl methyl sites for hydroxylation is 1. The Morgan fingerprint density at radius 1 is 0.843 bits per heavy atom. The van der Waals surface area contributed by atoms with E-state index in [1.54, 1.807) is 23.4 Å². The Morgan fingerprint density at radius 2 is 1.63 bits per heavy atom. The molecule has 51 heavy (non-hydrogen) atoms. The van der Waals surface area contributed by atoms with E-state index in [0.717, 1.165) is 21.9 Å². The first-order valence-electron chi connectivity index (χ1n) is 17.0. The van der Waals surface area contributed by atoms with Crippen LogP contribution in [0.2, 0.25) is 0 Å². The maximum Gasteiger partial charge on any atom is 0.255 e. The third-order valence-electron chi connectivity index (χ3n) is 9.26. The molecule has 0 saturated carbocycles. The van der Waals surface area contributed by atoms with Crippen molar-refractivity contribution in [3.05, 3.63) is 102 Å². The first-order chi connectivity index (χ1) is 24.6. The molecule has 0 unspecified atom stereocenters. The molecule has 5 amide bonds. The van der Waals surface area contributed by atoms with Crippen molar-refractivity contribution < 1.29 is 28.7 Å². The monoisotopic (exact) mass is 691 g/mol. The minimum absolute atomic E-state index is 0.0891. The highest BCUT2D eigenvalue weighted by molar-refractivity contribution is 5.95. The summed E-state index contributed by atoms with van der Waals surface area (Å²) < 4.78 is 6.06. The van der Waals surface area contributed by atoms with Gasteiger partial charge in [0.05, 0.1) is 30.8 Å². The van der Waals surface area contributed by atoms with Crippen LogP contribution in [0.25, 0.3) is 10.8 Å². The predicted octanol–water partition coefficient (Wildman–Crippen LogP) is 2.00. The maximum atomic E-state index is 13.8. The van der Waals surface area contributed by atoms with E-state index in [1.165, 1.54) is 36.3 Å². The average Bonchev–Trinajstić information content (AvgIpc) is 3.54. The number of ether oxygens (including phenoxy) is 1. The summed E-state index contributed by atoms with van der Waals surface area (Å²) in [5.41, 5.74) is 2.04. The van der Waals surface area contributed by atoms with E-state index >= 15 is 0 Å². The van der Waals surface area contributed by atoms with Crippen LogP contribution in [0.1, 0.15) is 34.3 Å². The van der Waals surface area contributed by atoms with Crippen LogP contribution >= 0.6 is 0 Å². The molecule has 2 aromatic carbocycles. The van der Waals surface area contributed by atoms with Crippen molar-refractivity contribution in [1.29, 1.82) is 0 Å². The largest absolute Gasteiger partial charge is 0.490 e. The van der Waals surface area contributed by atoms with Crippen molar-refractivity contribution >= 4 is 40.3 Å². The lowest BCUT2D eigenvalue weighted by molar-refractivity contribution is -0.142. The SMILES string of the molecule is CN1C[C@H](NC(=O)CCc2ccncc2)C(=O)N(C)CC(=O)N2C[C@@H](NC(=O)Cc3ccc4ccccc4c3)C[C@H]2COc2cncc(c2)C1=O. The summed E-state index contributed by atoms with van der Waals surface area (Å²) in [5, 5.41) is 8.01. The molecule has 13 nitrogen and oxygen atoms in total. The van der Waals surface area contributed by atoms with E-state index in [-0.39, 0.29) is 68.4 Å². The Morgan fingerprint density at radius 3 is 2.43 bits per heavy atom. The summed E-state index contributed by atoms with van der Waals surface area (Å²) in [5.74, 6) is -1.46. The van der Waals surface area contributed by atoms with Crippen LogP contribution in [0.4, 0.5) is 0 Å². The highest BCUT2D eigenvalue weighted by Gasteiger charge is 2.38. The van der Waals surface area contributed by atoms with Crippen molar-refractivity contribution in [3.8, 4) is 5.75 Å². The van der Waals surface area contributed by atoms with Crippen molar-refractivity contribution in [1.82, 2.24) is 35.3 Å². The number of hydrogen-bond donors (Lipinski definition) is 2. The molecule has 4 aromatic rings. The number of carbonyl (C=O) groups excluding carboxylic acids is 5. The van der Waals surface area contributed by atoms with Gasteiger partial charge in [-0.05, 0) is 52.9 Å². The van der Waals surface area contributed by atoms with Crippen molar-refractivity contribution in [2.75, 3.05) is 40.3 Å². The van der Waals surface area contributed by atoms with Crippen LogP contribution < -0.4 is 15.4 Å². The number of hydrogen-bond acceptors (Lipinski definition) is 8. The predicted molar refractivity (Wildman–Crippen MR) is 189 cm³/mol. The molecule has 13 heteroatoms. The number of benzene rings is 2. The van der Waals surface area contributed by atoms with Gasteiger partial charge in [-0.2, -0.15) is 0 Å². The van der Waals surface area contributed by atoms with Gasteiger partial charge in [0.25, 0.3) is 5.91 Å². The third-order valence-corrected chi connectivity index (χ3v) is 9.26. The molecular weight excluding hydrogens is 650 g/mol. The summed E-state index contributed by atoms with van der Waals surface area (Å²) >= 11 is 0. The van der Waals surface area contributed by atoms with Gasteiger partial charge in [0, 0.05) is 58.2 Å². The van der Waals surface area contributed by atoms with E-state index in [0.29, 0.717) is 18.6 Å². The van der Waals surface area contributed by atoms with Crippen LogP contribution in [0.15, 0.2) is 85.5 Å². The van der Waals surface area contributed by atoms with E-state index in [2.05, 4.69) is 20.6 Å². The second kappa shape index (κ2) is 15.8. The molecule has 0 radical (unpaired) electrons. The minimum Gasteiger partial charge on any atom is -0.490 e. The van der Waals surface area contributed by atoms with E-state index in [1.807, 2.05) is 54.6 Å². The smallest absolute Gasteiger partial charge is 0.255 e. The van der Waals surface area contributed by atoms with E-state index < -0.39 is 23.9 Å². The molecule has 2 bridgehead atoms. The highest BCUT2D eigenvalue weighted by Crippen LogP contribution is 2.22. The summed E-state index contributed by atoms with van der Waals surface area (Å²) in [4.78, 5) is 79.7. The average molecular weight is 692 g/mol. The van der Waals surface area contributed by atoms with Crippen LogP contribution in [-0.4, -0.2) is 113 Å². The normalized spacial score (nSPS) is 19.9. The molecular formula is C38H41N7O6. The van der Waals surface area contributed by atoms with Gasteiger partial charge < -0.3 is 30.1 Å². The lowest BCUT2D eigenvalue weighted by atomic mass is 10.0. The third kappa shape index (κ3) is 8.85. The fourth-order valence-electron chi connectivity index (χ4n) is 6.58. The first-order valence-corrected chi connectivity index (χ1v) is 17.0. The second-order valence-corrected chi connectivity index (χ2v) is 13.1. The fraction of sp³-hybridized carbons (Fsp3) is 0.342. The summed E-state index contributed by atoms with van der Waals surface area (Å²) in [6.45, 7) is -0.0951. The first kappa shape index (κ1) is 35.0. The second-order valence-electron chi connectivity index (χ2n) is 13.1. The number of nitrogens with zero attached hydrogens (tertiary/aromatic N) is 5. The van der Waals surface area contributed by atoms with Gasteiger partial charge in [0.15, 0.2) is 0 Å². The summed E-state index contributed by atoms with van der Waals surface area (Å²) in [6.07, 6.45) is 7.35. The van der Waals surface area contributed by atoms with Gasteiger partial charge in [-0.1, -0.05) is 42.5 Å². The van der Waals surface area contributed by atoms with Crippen molar-refractivity contribution in [2.24, 2.45) is 0 Å². The molecule has 3 atom stereocenters. The molecule has 4 heterocycles. The van der Waals surface area contributed by atoms with Gasteiger partial charge in [0.2, 0.25) is 23.6 Å². The summed E-state index contributed by atoms with van der Waals surface area (Å²) in [7, 11) is 3.03. The number of pyridine rings is 2.